The Hall–Kier alpha value is -4.34. The molecule has 3 heterocycles. The molecule has 0 atom stereocenters. The first-order valence-electron chi connectivity index (χ1n) is 11.6. The van der Waals surface area contributed by atoms with Crippen LogP contribution in [0.4, 0.5) is 18.0 Å². The SMILES string of the molecule is CNC(=O)Oc1cc2cc(-c3ccc(C(=O)N4CCC(F)(F)CC4)cc3F)cc(-c3cccnc3)c2o1. The molecule has 1 saturated heterocycles. The lowest BCUT2D eigenvalue weighted by atomic mass is 9.96. The predicted octanol–water partition coefficient (Wildman–Crippen LogP) is 5.89. The molecule has 0 aliphatic carbocycles. The summed E-state index contributed by atoms with van der Waals surface area (Å²) in [4.78, 5) is 29.9. The second-order valence-electron chi connectivity index (χ2n) is 8.73. The molecule has 7 nitrogen and oxygen atoms in total. The Morgan fingerprint density at radius 1 is 1.05 bits per heavy atom. The zero-order valence-corrected chi connectivity index (χ0v) is 19.8. The molecule has 4 aromatic rings. The van der Waals surface area contributed by atoms with Crippen LogP contribution in [0, 0.1) is 5.82 Å². The van der Waals surface area contributed by atoms with E-state index in [2.05, 4.69) is 10.3 Å². The summed E-state index contributed by atoms with van der Waals surface area (Å²) in [6.07, 6.45) is 1.72. The molecule has 5 rings (SSSR count). The van der Waals surface area contributed by atoms with Crippen molar-refractivity contribution in [3.63, 3.8) is 0 Å². The van der Waals surface area contributed by atoms with Gasteiger partial charge in [0.1, 0.15) is 11.4 Å². The van der Waals surface area contributed by atoms with Crippen LogP contribution >= 0.6 is 0 Å². The van der Waals surface area contributed by atoms with Crippen LogP contribution in [0.15, 0.2) is 65.3 Å². The van der Waals surface area contributed by atoms with Crippen molar-refractivity contribution in [3.8, 4) is 28.2 Å². The molecule has 1 fully saturated rings. The maximum atomic E-state index is 15.3. The average molecular weight is 509 g/mol. The molecule has 2 aromatic carbocycles. The summed E-state index contributed by atoms with van der Waals surface area (Å²) in [6.45, 7) is -0.164. The Balaban J connectivity index is 1.52. The van der Waals surface area contributed by atoms with Crippen molar-refractivity contribution in [1.82, 2.24) is 15.2 Å². The first kappa shape index (κ1) is 24.4. The Morgan fingerprint density at radius 3 is 2.51 bits per heavy atom. The zero-order chi connectivity index (χ0) is 26.2. The Labute approximate surface area is 209 Å². The number of nitrogens with one attached hydrogen (secondary N) is 1. The second kappa shape index (κ2) is 9.61. The maximum absolute atomic E-state index is 15.3. The molecule has 1 aliphatic rings. The number of alkyl halides is 2. The molecular formula is C27H22F3N3O4. The molecule has 37 heavy (non-hydrogen) atoms. The summed E-state index contributed by atoms with van der Waals surface area (Å²) in [7, 11) is 1.42. The average Bonchev–Trinajstić information content (AvgIpc) is 3.30. The number of amides is 2. The first-order valence-corrected chi connectivity index (χ1v) is 11.6. The van der Waals surface area contributed by atoms with Crippen molar-refractivity contribution in [2.45, 2.75) is 18.8 Å². The number of benzene rings is 2. The van der Waals surface area contributed by atoms with Gasteiger partial charge >= 0.3 is 6.09 Å². The highest BCUT2D eigenvalue weighted by Crippen LogP contribution is 2.38. The number of furan rings is 1. The number of nitrogens with zero attached hydrogens (tertiary/aromatic N) is 2. The lowest BCUT2D eigenvalue weighted by Gasteiger charge is -2.31. The van der Waals surface area contributed by atoms with E-state index >= 15 is 4.39 Å². The third-order valence-electron chi connectivity index (χ3n) is 6.27. The summed E-state index contributed by atoms with van der Waals surface area (Å²) in [5, 5.41) is 2.90. The summed E-state index contributed by atoms with van der Waals surface area (Å²) in [6, 6.07) is 12.6. The van der Waals surface area contributed by atoms with E-state index in [9.17, 15) is 18.4 Å². The standard InChI is InChI=1S/C27H22F3N3O4/c1-31-26(35)37-23-14-19-11-18(12-21(24(19)36-23)17-3-2-8-32-15-17)20-5-4-16(13-22(20)28)25(34)33-9-6-27(29,30)7-10-33/h2-5,8,11-15H,6-7,9-10H2,1H3,(H,31,35). The molecule has 0 saturated carbocycles. The number of ether oxygens (including phenoxy) is 1. The van der Waals surface area contributed by atoms with Gasteiger partial charge in [-0.25, -0.2) is 18.0 Å². The van der Waals surface area contributed by atoms with Crippen molar-refractivity contribution in [2.75, 3.05) is 20.1 Å². The van der Waals surface area contributed by atoms with Gasteiger partial charge in [-0.05, 0) is 35.9 Å². The van der Waals surface area contributed by atoms with Gasteiger partial charge in [0.2, 0.25) is 0 Å². The van der Waals surface area contributed by atoms with Crippen LogP contribution in [0.25, 0.3) is 33.2 Å². The molecule has 0 radical (unpaired) electrons. The minimum atomic E-state index is -2.78. The molecule has 0 spiro atoms. The van der Waals surface area contributed by atoms with Crippen LogP contribution in [-0.2, 0) is 0 Å². The van der Waals surface area contributed by atoms with Gasteiger partial charge in [0, 0.05) is 79.1 Å². The number of piperidine rings is 1. The summed E-state index contributed by atoms with van der Waals surface area (Å²) < 4.78 is 53.2. The van der Waals surface area contributed by atoms with E-state index in [-0.39, 0.29) is 30.2 Å². The van der Waals surface area contributed by atoms with Crippen LogP contribution in [0.3, 0.4) is 0 Å². The van der Waals surface area contributed by atoms with Crippen molar-refractivity contribution in [2.24, 2.45) is 0 Å². The topological polar surface area (TPSA) is 84.7 Å². The zero-order valence-electron chi connectivity index (χ0n) is 19.8. The van der Waals surface area contributed by atoms with E-state index in [4.69, 9.17) is 9.15 Å². The predicted molar refractivity (Wildman–Crippen MR) is 130 cm³/mol. The van der Waals surface area contributed by atoms with Crippen LogP contribution < -0.4 is 10.1 Å². The number of aromatic nitrogens is 1. The summed E-state index contributed by atoms with van der Waals surface area (Å²) in [5.41, 5.74) is 2.52. The minimum Gasteiger partial charge on any atom is -0.425 e. The van der Waals surface area contributed by atoms with E-state index in [0.717, 1.165) is 6.07 Å². The molecule has 190 valence electrons. The number of pyridine rings is 1. The smallest absolute Gasteiger partial charge is 0.414 e. The van der Waals surface area contributed by atoms with Crippen molar-refractivity contribution < 1.29 is 31.9 Å². The van der Waals surface area contributed by atoms with Gasteiger partial charge in [-0.3, -0.25) is 9.78 Å². The van der Waals surface area contributed by atoms with Crippen molar-refractivity contribution in [3.05, 3.63) is 72.3 Å². The van der Waals surface area contributed by atoms with Gasteiger partial charge in [0.15, 0.2) is 0 Å². The molecule has 1 aliphatic heterocycles. The van der Waals surface area contributed by atoms with E-state index in [1.807, 2.05) is 6.07 Å². The Kier molecular flexibility index (Phi) is 6.32. The fourth-order valence-electron chi connectivity index (χ4n) is 4.32. The number of hydrogen-bond donors (Lipinski definition) is 1. The summed E-state index contributed by atoms with van der Waals surface area (Å²) >= 11 is 0. The van der Waals surface area contributed by atoms with Crippen LogP contribution in [0.5, 0.6) is 5.95 Å². The minimum absolute atomic E-state index is 0.0369. The number of fused-ring (bicyclic) bond motifs is 1. The number of hydrogen-bond acceptors (Lipinski definition) is 5. The fraction of sp³-hybridized carbons (Fsp3) is 0.222. The van der Waals surface area contributed by atoms with E-state index in [0.29, 0.717) is 27.7 Å². The number of carbonyl (C=O) groups excluding carboxylic acids is 2. The number of carbonyl (C=O) groups is 2. The second-order valence-corrected chi connectivity index (χ2v) is 8.73. The van der Waals surface area contributed by atoms with Gasteiger partial charge in [0.05, 0.1) is 0 Å². The first-order chi connectivity index (χ1) is 17.7. The Bertz CT molecular complexity index is 1480. The van der Waals surface area contributed by atoms with Gasteiger partial charge in [-0.2, -0.15) is 0 Å². The molecule has 0 unspecified atom stereocenters. The Morgan fingerprint density at radius 2 is 1.84 bits per heavy atom. The summed E-state index contributed by atoms with van der Waals surface area (Å²) in [5.74, 6) is -3.95. The van der Waals surface area contributed by atoms with E-state index in [1.54, 1.807) is 30.6 Å². The normalized spacial score (nSPS) is 15.0. The van der Waals surface area contributed by atoms with Gasteiger partial charge < -0.3 is 19.4 Å². The van der Waals surface area contributed by atoms with Crippen molar-refractivity contribution >= 4 is 23.0 Å². The van der Waals surface area contributed by atoms with Gasteiger partial charge in [-0.1, -0.05) is 12.1 Å². The van der Waals surface area contributed by atoms with Gasteiger partial charge in [0.25, 0.3) is 17.8 Å². The van der Waals surface area contributed by atoms with Crippen molar-refractivity contribution in [1.29, 1.82) is 0 Å². The largest absolute Gasteiger partial charge is 0.425 e. The van der Waals surface area contributed by atoms with Crippen LogP contribution in [0.2, 0.25) is 0 Å². The molecule has 1 N–H and O–H groups in total. The molecule has 2 aromatic heterocycles. The molecule has 2 amide bonds. The molecule has 0 bridgehead atoms. The molecular weight excluding hydrogens is 487 g/mol. The lowest BCUT2D eigenvalue weighted by molar-refractivity contribution is -0.0494. The monoisotopic (exact) mass is 509 g/mol. The quantitative estimate of drug-likeness (QED) is 0.371. The van der Waals surface area contributed by atoms with Gasteiger partial charge in [-0.15, -0.1) is 0 Å². The third kappa shape index (κ3) is 5.00. The highest BCUT2D eigenvalue weighted by Gasteiger charge is 2.35. The van der Waals surface area contributed by atoms with E-state index < -0.39 is 36.6 Å². The lowest BCUT2D eigenvalue weighted by Crippen LogP contribution is -2.42. The fourth-order valence-corrected chi connectivity index (χ4v) is 4.32. The molecule has 10 heteroatoms. The maximum Gasteiger partial charge on any atom is 0.414 e. The van der Waals surface area contributed by atoms with E-state index in [1.165, 1.54) is 30.1 Å². The highest BCUT2D eigenvalue weighted by atomic mass is 19.3. The number of rotatable bonds is 4. The number of halogens is 3. The third-order valence-corrected chi connectivity index (χ3v) is 6.27. The van der Waals surface area contributed by atoms with Crippen LogP contribution in [0.1, 0.15) is 23.2 Å². The number of likely N-dealkylation sites (tertiary alicyclic amines) is 1. The van der Waals surface area contributed by atoms with Crippen LogP contribution in [-0.4, -0.2) is 47.9 Å². The highest BCUT2D eigenvalue weighted by molar-refractivity contribution is 5.98.